The van der Waals surface area contributed by atoms with Gasteiger partial charge in [0, 0.05) is 12.8 Å². The molecule has 7 N–H and O–H groups in total. The average Bonchev–Trinajstić information content (AvgIpc) is 4.05. The molecule has 0 aromatic rings. The van der Waals surface area contributed by atoms with Gasteiger partial charge in [0.25, 0.3) is 0 Å². The number of phosphoric ester groups is 2. The number of unbranched alkanes of at least 4 members (excludes halogenated alkanes) is 11. The van der Waals surface area contributed by atoms with Crippen molar-refractivity contribution in [1.29, 1.82) is 0 Å². The van der Waals surface area contributed by atoms with Crippen molar-refractivity contribution in [3.05, 3.63) is 72.9 Å². The summed E-state index contributed by atoms with van der Waals surface area (Å²) in [5.74, 6) is -1.31. The molecule has 1 aliphatic carbocycles. The second kappa shape index (κ2) is 36.3. The molecule has 1 saturated carbocycles. The number of hydrogen-bond donors (Lipinski definition) is 7. The number of aliphatic hydroxyl groups excluding tert-OH is 4. The van der Waals surface area contributed by atoms with Gasteiger partial charge in [0.1, 0.15) is 43.2 Å². The Balaban J connectivity index is 1.83. The van der Waals surface area contributed by atoms with Crippen molar-refractivity contribution in [3.63, 3.8) is 0 Å². The molecule has 1 aliphatic heterocycles. The number of carbonyl (C=O) groups is 2. The van der Waals surface area contributed by atoms with Crippen LogP contribution >= 0.6 is 15.6 Å². The first-order valence-electron chi connectivity index (χ1n) is 24.6. The minimum atomic E-state index is -5.38. The minimum Gasteiger partial charge on any atom is -0.462 e. The smallest absolute Gasteiger partial charge is 0.462 e. The van der Waals surface area contributed by atoms with Gasteiger partial charge in [-0.2, -0.15) is 0 Å². The largest absolute Gasteiger partial charge is 0.472 e. The normalized spacial score (nSPS) is 24.8. The topological polar surface area (TPSA) is 269 Å². The number of ether oxygens (including phenoxy) is 3. The van der Waals surface area contributed by atoms with Crippen molar-refractivity contribution in [3.8, 4) is 0 Å². The summed E-state index contributed by atoms with van der Waals surface area (Å²) in [6.07, 6.45) is 30.2. The van der Waals surface area contributed by atoms with E-state index in [2.05, 4.69) is 79.1 Å². The molecule has 0 bridgehead atoms. The molecule has 68 heavy (non-hydrogen) atoms. The van der Waals surface area contributed by atoms with Gasteiger partial charge in [0.2, 0.25) is 0 Å². The number of allylic oxidation sites excluding steroid dienone is 10. The van der Waals surface area contributed by atoms with Crippen LogP contribution in [0.2, 0.25) is 0 Å². The summed E-state index contributed by atoms with van der Waals surface area (Å²) < 4.78 is 55.1. The van der Waals surface area contributed by atoms with Crippen LogP contribution in [0.1, 0.15) is 155 Å². The Morgan fingerprint density at radius 1 is 0.529 bits per heavy atom. The quantitative estimate of drug-likeness (QED) is 0.00998. The molecule has 1 saturated heterocycles. The summed E-state index contributed by atoms with van der Waals surface area (Å²) >= 11 is 0. The monoisotopic (exact) mass is 1000 g/mol. The highest BCUT2D eigenvalue weighted by molar-refractivity contribution is 7.47. The van der Waals surface area contributed by atoms with E-state index < -0.39 is 83.5 Å². The highest BCUT2D eigenvalue weighted by atomic mass is 31.2. The van der Waals surface area contributed by atoms with E-state index in [4.69, 9.17) is 23.3 Å². The summed E-state index contributed by atoms with van der Waals surface area (Å²) in [6, 6.07) is 0. The molecule has 2 rings (SSSR count). The molecular weight excluding hydrogens is 922 g/mol. The third-order valence-electron chi connectivity index (χ3n) is 11.2. The number of esters is 2. The molecule has 1 heterocycles. The van der Waals surface area contributed by atoms with E-state index in [1.54, 1.807) is 0 Å². The number of aliphatic hydroxyl groups is 4. The van der Waals surface area contributed by atoms with Gasteiger partial charge >= 0.3 is 27.6 Å². The SMILES string of the molecule is CCCCC/C=C\C/C=C\C/C=C\CCCCCCC(=O)OC[C@H](COP(=O)(O)O[C@H]1C(O)C(O)C(O)[C@@H](OP(=O)(O)O)C1O)OC(=O)CCC/C=C\CC1OC1C/C=C\C/C=C\CCCCC. The summed E-state index contributed by atoms with van der Waals surface area (Å²) in [4.78, 5) is 54.4. The molecule has 0 radical (unpaired) electrons. The fraction of sp³-hybridized carbons (Fsp3) is 0.714. The fourth-order valence-corrected chi connectivity index (χ4v) is 8.72. The fourth-order valence-electron chi connectivity index (χ4n) is 7.18. The lowest BCUT2D eigenvalue weighted by Gasteiger charge is -2.43. The molecule has 7 unspecified atom stereocenters. The predicted octanol–water partition coefficient (Wildman–Crippen LogP) is 8.61. The van der Waals surface area contributed by atoms with Gasteiger partial charge in [-0.25, -0.2) is 9.13 Å². The Morgan fingerprint density at radius 2 is 0.985 bits per heavy atom. The lowest BCUT2D eigenvalue weighted by atomic mass is 9.85. The zero-order valence-corrected chi connectivity index (χ0v) is 42.0. The van der Waals surface area contributed by atoms with E-state index in [1.807, 2.05) is 12.2 Å². The number of hydrogen-bond acceptors (Lipinski definition) is 14. The van der Waals surface area contributed by atoms with Gasteiger partial charge in [-0.3, -0.25) is 23.2 Å². The highest BCUT2D eigenvalue weighted by Gasteiger charge is 2.54. The highest BCUT2D eigenvalue weighted by Crippen LogP contribution is 2.49. The number of phosphoric acid groups is 2. The van der Waals surface area contributed by atoms with E-state index >= 15 is 0 Å². The minimum absolute atomic E-state index is 0.0488. The van der Waals surface area contributed by atoms with Crippen LogP contribution in [0, 0.1) is 0 Å². The van der Waals surface area contributed by atoms with Crippen molar-refractivity contribution in [2.45, 2.75) is 210 Å². The van der Waals surface area contributed by atoms with Crippen molar-refractivity contribution in [1.82, 2.24) is 0 Å². The third kappa shape index (κ3) is 29.6. The van der Waals surface area contributed by atoms with Crippen LogP contribution in [-0.4, -0.2) is 115 Å². The Labute approximate surface area is 404 Å². The van der Waals surface area contributed by atoms with Gasteiger partial charge in [-0.15, -0.1) is 0 Å². The van der Waals surface area contributed by atoms with Crippen LogP contribution in [0.5, 0.6) is 0 Å². The molecule has 2 aliphatic rings. The maximum atomic E-state index is 13.0. The summed E-state index contributed by atoms with van der Waals surface area (Å²) in [5, 5.41) is 41.3. The summed E-state index contributed by atoms with van der Waals surface area (Å²) in [6.45, 7) is 2.97. The number of carbonyl (C=O) groups excluding carboxylic acids is 2. The number of epoxide rings is 1. The van der Waals surface area contributed by atoms with E-state index in [9.17, 15) is 53.8 Å². The van der Waals surface area contributed by atoms with Crippen LogP contribution < -0.4 is 0 Å². The van der Waals surface area contributed by atoms with Crippen molar-refractivity contribution in [2.24, 2.45) is 0 Å². The predicted molar refractivity (Wildman–Crippen MR) is 259 cm³/mol. The maximum absolute atomic E-state index is 13.0. The molecule has 0 amide bonds. The molecule has 0 aromatic heterocycles. The second-order valence-electron chi connectivity index (χ2n) is 17.2. The number of rotatable bonds is 39. The Hall–Kier alpha value is -2.60. The second-order valence-corrected chi connectivity index (χ2v) is 19.8. The summed E-state index contributed by atoms with van der Waals surface area (Å²) in [5.41, 5.74) is 0. The van der Waals surface area contributed by atoms with Crippen molar-refractivity contribution in [2.75, 3.05) is 13.2 Å². The maximum Gasteiger partial charge on any atom is 0.472 e. The van der Waals surface area contributed by atoms with E-state index in [0.29, 0.717) is 19.3 Å². The standard InChI is InChI=1S/C49H82O17P2/c1-3-5-7-9-11-13-14-15-16-17-18-19-20-22-24-26-31-35-42(50)61-37-39(38-62-68(59,60)66-49-46(54)44(52)45(53)48(47(49)55)65-67(56,57)58)63-43(51)36-32-28-27-30-34-41-40(64-41)33-29-25-23-21-12-10-8-6-4-2/h11-13,15-16,18-19,21,25,27,29-30,39-41,44-49,52-55H,3-10,14,17,20,22-24,26,28,31-38H2,1-2H3,(H,59,60)(H2,56,57,58)/b13-11-,16-15-,19-18-,21-12-,29-25-,30-27-/t39-,40?,41?,44?,45?,46?,47?,48-,49+/m1/s1. The molecule has 17 nitrogen and oxygen atoms in total. The lowest BCUT2D eigenvalue weighted by molar-refractivity contribution is -0.216. The van der Waals surface area contributed by atoms with Gasteiger partial charge in [-0.05, 0) is 89.9 Å². The molecule has 10 atom stereocenters. The van der Waals surface area contributed by atoms with Crippen LogP contribution in [0.25, 0.3) is 0 Å². The molecule has 0 spiro atoms. The Morgan fingerprint density at radius 3 is 1.54 bits per heavy atom. The van der Waals surface area contributed by atoms with Gasteiger partial charge < -0.3 is 49.3 Å². The van der Waals surface area contributed by atoms with Crippen LogP contribution in [-0.2, 0) is 46.5 Å². The third-order valence-corrected chi connectivity index (χ3v) is 12.7. The van der Waals surface area contributed by atoms with Crippen molar-refractivity contribution >= 4 is 27.6 Å². The zero-order valence-electron chi connectivity index (χ0n) is 40.2. The zero-order chi connectivity index (χ0) is 50.0. The lowest BCUT2D eigenvalue weighted by Crippen LogP contribution is -2.64. The first-order valence-corrected chi connectivity index (χ1v) is 27.6. The van der Waals surface area contributed by atoms with E-state index in [-0.39, 0.29) is 25.0 Å². The van der Waals surface area contributed by atoms with E-state index in [0.717, 1.165) is 70.6 Å². The van der Waals surface area contributed by atoms with Gasteiger partial charge in [0.05, 0.1) is 18.8 Å². The molecular formula is C49H82O17P2. The van der Waals surface area contributed by atoms with Crippen LogP contribution in [0.4, 0.5) is 0 Å². The van der Waals surface area contributed by atoms with Gasteiger partial charge in [0.15, 0.2) is 6.10 Å². The molecule has 2 fully saturated rings. The molecule has 390 valence electrons. The summed E-state index contributed by atoms with van der Waals surface area (Å²) in [7, 11) is -10.7. The molecule has 0 aromatic carbocycles. The Kier molecular flexibility index (Phi) is 32.9. The molecule has 19 heteroatoms. The first kappa shape index (κ1) is 61.5. The van der Waals surface area contributed by atoms with Crippen molar-refractivity contribution < 1.29 is 81.6 Å². The average molecular weight is 1010 g/mol. The van der Waals surface area contributed by atoms with Crippen LogP contribution in [0.15, 0.2) is 72.9 Å². The van der Waals surface area contributed by atoms with Gasteiger partial charge in [-0.1, -0.05) is 125 Å². The van der Waals surface area contributed by atoms with Crippen LogP contribution in [0.3, 0.4) is 0 Å². The Bertz CT molecular complexity index is 1660. The first-order chi connectivity index (χ1) is 32.6. The van der Waals surface area contributed by atoms with E-state index in [1.165, 1.54) is 38.5 Å².